The number of ether oxygens (including phenoxy) is 2. The van der Waals surface area contributed by atoms with Gasteiger partial charge in [0.05, 0.1) is 0 Å². The minimum Gasteiger partial charge on any atom is -0.329 e. The molecule has 0 fully saturated rings. The number of rotatable bonds is 5. The fraction of sp³-hybridized carbons (Fsp3) is 1.00. The average Bonchev–Trinajstić information content (AvgIpc) is 1.79. The normalized spacial score (nSPS) is 18.0. The van der Waals surface area contributed by atoms with Gasteiger partial charge in [-0.3, -0.25) is 4.74 Å². The Hall–Kier alpha value is 0.220. The van der Waals surface area contributed by atoms with Crippen molar-refractivity contribution < 1.29 is 27.0 Å². The van der Waals surface area contributed by atoms with Crippen LogP contribution in [0.1, 0.15) is 13.8 Å². The number of halogens is 6. The second-order valence-corrected chi connectivity index (χ2v) is 3.29. The third-order valence-electron chi connectivity index (χ3n) is 1.44. The highest BCUT2D eigenvalue weighted by Crippen LogP contribution is 2.38. The molecular weight excluding hydrogens is 251 g/mol. The van der Waals surface area contributed by atoms with E-state index in [9.17, 15) is 17.6 Å². The van der Waals surface area contributed by atoms with Gasteiger partial charge >= 0.3 is 5.57 Å². The van der Waals surface area contributed by atoms with E-state index in [1.807, 2.05) is 0 Å². The molecule has 14 heavy (non-hydrogen) atoms. The van der Waals surface area contributed by atoms with Crippen LogP contribution in [0.15, 0.2) is 0 Å². The highest BCUT2D eigenvalue weighted by atomic mass is 35.5. The lowest BCUT2D eigenvalue weighted by atomic mass is 10.2. The Balaban J connectivity index is 4.74. The Morgan fingerprint density at radius 1 is 1.14 bits per heavy atom. The summed E-state index contributed by atoms with van der Waals surface area (Å²) in [7, 11) is 0. The van der Waals surface area contributed by atoms with Crippen LogP contribution in [0.5, 0.6) is 0 Å². The molecule has 0 aromatic rings. The van der Waals surface area contributed by atoms with Crippen molar-refractivity contribution in [2.45, 2.75) is 31.1 Å². The van der Waals surface area contributed by atoms with Crippen molar-refractivity contribution in [1.29, 1.82) is 0 Å². The lowest BCUT2D eigenvalue weighted by Gasteiger charge is -2.34. The SMILES string of the molecule is CC(F)(F)C(C)(OCCl)OC(F)(F)Cl. The van der Waals surface area contributed by atoms with E-state index < -0.39 is 23.3 Å². The molecule has 86 valence electrons. The second-order valence-electron chi connectivity index (χ2n) is 2.64. The van der Waals surface area contributed by atoms with Crippen molar-refractivity contribution in [2.75, 3.05) is 6.07 Å². The van der Waals surface area contributed by atoms with E-state index in [-0.39, 0.29) is 0 Å². The molecule has 0 saturated heterocycles. The van der Waals surface area contributed by atoms with Crippen LogP contribution in [0.4, 0.5) is 17.6 Å². The Morgan fingerprint density at radius 3 is 1.79 bits per heavy atom. The lowest BCUT2D eigenvalue weighted by molar-refractivity contribution is -0.381. The highest BCUT2D eigenvalue weighted by Gasteiger charge is 2.54. The maximum atomic E-state index is 12.8. The third kappa shape index (κ3) is 4.16. The molecule has 0 aliphatic rings. The molecule has 1 atom stereocenters. The predicted molar refractivity (Wildman–Crippen MR) is 42.7 cm³/mol. The standard InChI is InChI=1S/C6H8Cl2F4O2/c1-4(9,10)5(2,13-3-7)14-6(8,11)12/h3H2,1-2H3. The van der Waals surface area contributed by atoms with Crippen LogP contribution in [0, 0.1) is 0 Å². The maximum Gasteiger partial charge on any atom is 0.443 e. The quantitative estimate of drug-likeness (QED) is 0.428. The molecule has 0 aliphatic carbocycles. The van der Waals surface area contributed by atoms with Crippen LogP contribution in [-0.4, -0.2) is 23.3 Å². The molecule has 0 bridgehead atoms. The van der Waals surface area contributed by atoms with Crippen molar-refractivity contribution in [1.82, 2.24) is 0 Å². The van der Waals surface area contributed by atoms with E-state index in [2.05, 4.69) is 21.1 Å². The topological polar surface area (TPSA) is 18.5 Å². The van der Waals surface area contributed by atoms with Crippen molar-refractivity contribution in [3.05, 3.63) is 0 Å². The van der Waals surface area contributed by atoms with E-state index in [1.54, 1.807) is 0 Å². The highest BCUT2D eigenvalue weighted by molar-refractivity contribution is 6.20. The van der Waals surface area contributed by atoms with Crippen molar-refractivity contribution >= 4 is 23.2 Å². The first-order valence-electron chi connectivity index (χ1n) is 3.36. The maximum absolute atomic E-state index is 12.8. The van der Waals surface area contributed by atoms with Crippen molar-refractivity contribution in [2.24, 2.45) is 0 Å². The zero-order valence-electron chi connectivity index (χ0n) is 7.29. The van der Waals surface area contributed by atoms with Gasteiger partial charge in [-0.2, -0.15) is 8.78 Å². The van der Waals surface area contributed by atoms with Crippen LogP contribution in [0.2, 0.25) is 0 Å². The largest absolute Gasteiger partial charge is 0.443 e. The zero-order chi connectivity index (χ0) is 11.6. The van der Waals surface area contributed by atoms with Gasteiger partial charge in [0.15, 0.2) is 0 Å². The minimum atomic E-state index is -4.25. The van der Waals surface area contributed by atoms with Gasteiger partial charge in [-0.25, -0.2) is 8.78 Å². The average molecular weight is 259 g/mol. The Bertz CT molecular complexity index is 191. The van der Waals surface area contributed by atoms with E-state index >= 15 is 0 Å². The summed E-state index contributed by atoms with van der Waals surface area (Å²) in [6.07, 6.45) is 0. The predicted octanol–water partition coefficient (Wildman–Crippen LogP) is 3.38. The fourth-order valence-corrected chi connectivity index (χ4v) is 0.926. The van der Waals surface area contributed by atoms with E-state index in [4.69, 9.17) is 11.6 Å². The Kier molecular flexibility index (Phi) is 4.45. The molecule has 0 aliphatic heterocycles. The Labute approximate surface area is 88.1 Å². The van der Waals surface area contributed by atoms with Crippen LogP contribution >= 0.6 is 23.2 Å². The molecular formula is C6H8Cl2F4O2. The Morgan fingerprint density at radius 2 is 1.57 bits per heavy atom. The van der Waals surface area contributed by atoms with Gasteiger partial charge < -0.3 is 4.74 Å². The summed E-state index contributed by atoms with van der Waals surface area (Å²) < 4.78 is 57.7. The van der Waals surface area contributed by atoms with Gasteiger partial charge in [0, 0.05) is 6.92 Å². The monoisotopic (exact) mass is 258 g/mol. The summed E-state index contributed by atoms with van der Waals surface area (Å²) in [5.74, 6) is -6.56. The first-order valence-corrected chi connectivity index (χ1v) is 4.28. The molecule has 0 N–H and O–H groups in total. The lowest BCUT2D eigenvalue weighted by Crippen LogP contribution is -2.50. The molecule has 0 saturated carbocycles. The van der Waals surface area contributed by atoms with Gasteiger partial charge in [0.25, 0.3) is 5.92 Å². The molecule has 1 unspecified atom stereocenters. The number of alkyl halides is 6. The minimum absolute atomic E-state index is 0.349. The summed E-state index contributed by atoms with van der Waals surface area (Å²) in [5.41, 5.74) is -4.25. The summed E-state index contributed by atoms with van der Waals surface area (Å²) in [6.45, 7) is 0.966. The number of hydrogen-bond acceptors (Lipinski definition) is 2. The molecule has 0 spiro atoms. The molecule has 2 nitrogen and oxygen atoms in total. The van der Waals surface area contributed by atoms with Gasteiger partial charge in [0.1, 0.15) is 6.07 Å². The second kappa shape index (κ2) is 4.38. The number of hydrogen-bond donors (Lipinski definition) is 0. The summed E-state index contributed by atoms with van der Waals surface area (Å²) in [4.78, 5) is 0. The zero-order valence-corrected chi connectivity index (χ0v) is 8.80. The van der Waals surface area contributed by atoms with E-state index in [0.29, 0.717) is 13.8 Å². The third-order valence-corrected chi connectivity index (χ3v) is 1.62. The first-order chi connectivity index (χ1) is 6.02. The van der Waals surface area contributed by atoms with E-state index in [0.717, 1.165) is 0 Å². The van der Waals surface area contributed by atoms with Crippen LogP contribution < -0.4 is 0 Å². The van der Waals surface area contributed by atoms with Gasteiger partial charge in [-0.05, 0) is 18.5 Å². The molecule has 0 aromatic carbocycles. The molecule has 0 amide bonds. The summed E-state index contributed by atoms with van der Waals surface area (Å²) >= 11 is 9.34. The van der Waals surface area contributed by atoms with Gasteiger partial charge in [-0.1, -0.05) is 11.6 Å². The molecule has 0 radical (unpaired) electrons. The van der Waals surface area contributed by atoms with Gasteiger partial charge in [0.2, 0.25) is 5.79 Å². The molecule has 0 aromatic heterocycles. The smallest absolute Gasteiger partial charge is 0.329 e. The molecule has 8 heteroatoms. The van der Waals surface area contributed by atoms with Crippen LogP contribution in [-0.2, 0) is 9.47 Å². The summed E-state index contributed by atoms with van der Waals surface area (Å²) in [6, 6.07) is -0.729. The van der Waals surface area contributed by atoms with E-state index in [1.165, 1.54) is 0 Å². The van der Waals surface area contributed by atoms with Crippen LogP contribution in [0.3, 0.4) is 0 Å². The summed E-state index contributed by atoms with van der Waals surface area (Å²) in [5, 5.41) is 0. The van der Waals surface area contributed by atoms with Crippen molar-refractivity contribution in [3.63, 3.8) is 0 Å². The fourth-order valence-electron chi connectivity index (χ4n) is 0.571. The van der Waals surface area contributed by atoms with Gasteiger partial charge in [-0.15, -0.1) is 0 Å². The first kappa shape index (κ1) is 14.2. The van der Waals surface area contributed by atoms with Crippen molar-refractivity contribution in [3.8, 4) is 0 Å². The molecule has 0 rings (SSSR count). The molecule has 0 heterocycles. The van der Waals surface area contributed by atoms with Crippen LogP contribution in [0.25, 0.3) is 0 Å².